The number of carbonyl (C=O) groups excluding carboxylic acids is 1. The highest BCUT2D eigenvalue weighted by Gasteiger charge is 2.19. The molecule has 0 spiro atoms. The Balaban J connectivity index is 2.10. The van der Waals surface area contributed by atoms with Crippen molar-refractivity contribution in [1.29, 1.82) is 0 Å². The van der Waals surface area contributed by atoms with E-state index in [9.17, 15) is 4.79 Å². The number of nitrogens with zero attached hydrogens (tertiary/aromatic N) is 5. The van der Waals surface area contributed by atoms with Crippen LogP contribution in [-0.4, -0.2) is 50.4 Å². The SMILES string of the molecule is Cc1c(Cl)cccc1-n1c(SCC(=O)N(C)C)nnc1-c1ccncc1. The van der Waals surface area contributed by atoms with Crippen LogP contribution in [0.1, 0.15) is 5.56 Å². The van der Waals surface area contributed by atoms with Crippen molar-refractivity contribution < 1.29 is 4.79 Å². The van der Waals surface area contributed by atoms with Crippen LogP contribution in [0.2, 0.25) is 5.02 Å². The Morgan fingerprint density at radius 2 is 1.92 bits per heavy atom. The van der Waals surface area contributed by atoms with Gasteiger partial charge in [-0.2, -0.15) is 0 Å². The summed E-state index contributed by atoms with van der Waals surface area (Å²) < 4.78 is 1.93. The highest BCUT2D eigenvalue weighted by atomic mass is 35.5. The minimum absolute atomic E-state index is 0.0119. The lowest BCUT2D eigenvalue weighted by Gasteiger charge is -2.14. The highest BCUT2D eigenvalue weighted by Crippen LogP contribution is 2.31. The van der Waals surface area contributed by atoms with Gasteiger partial charge in [0.1, 0.15) is 0 Å². The highest BCUT2D eigenvalue weighted by molar-refractivity contribution is 7.99. The summed E-state index contributed by atoms with van der Waals surface area (Å²) in [5.74, 6) is 0.969. The summed E-state index contributed by atoms with van der Waals surface area (Å²) in [6.45, 7) is 1.95. The molecule has 8 heteroatoms. The van der Waals surface area contributed by atoms with Gasteiger partial charge in [-0.25, -0.2) is 0 Å². The summed E-state index contributed by atoms with van der Waals surface area (Å²) in [4.78, 5) is 17.6. The fraction of sp³-hybridized carbons (Fsp3) is 0.222. The van der Waals surface area contributed by atoms with Gasteiger partial charge in [0.15, 0.2) is 11.0 Å². The van der Waals surface area contributed by atoms with Crippen LogP contribution in [0.5, 0.6) is 0 Å². The van der Waals surface area contributed by atoms with Gasteiger partial charge in [-0.3, -0.25) is 14.3 Å². The Bertz CT molecular complexity index is 927. The molecule has 2 heterocycles. The summed E-state index contributed by atoms with van der Waals surface area (Å²) >= 11 is 7.67. The summed E-state index contributed by atoms with van der Waals surface area (Å²) in [6, 6.07) is 9.45. The number of hydrogen-bond donors (Lipinski definition) is 0. The first-order valence-electron chi connectivity index (χ1n) is 7.93. The van der Waals surface area contributed by atoms with Gasteiger partial charge in [0, 0.05) is 37.1 Å². The van der Waals surface area contributed by atoms with Crippen molar-refractivity contribution in [3.63, 3.8) is 0 Å². The summed E-state index contributed by atoms with van der Waals surface area (Å²) in [5, 5.41) is 9.97. The first-order valence-corrected chi connectivity index (χ1v) is 9.29. The first-order chi connectivity index (χ1) is 12.5. The summed E-state index contributed by atoms with van der Waals surface area (Å²) in [6.07, 6.45) is 3.42. The van der Waals surface area contributed by atoms with Crippen molar-refractivity contribution in [2.45, 2.75) is 12.1 Å². The number of aromatic nitrogens is 4. The molecule has 1 aromatic carbocycles. The number of pyridine rings is 1. The molecule has 0 fully saturated rings. The van der Waals surface area contributed by atoms with E-state index in [-0.39, 0.29) is 11.7 Å². The van der Waals surface area contributed by atoms with Crippen LogP contribution in [0.25, 0.3) is 17.1 Å². The standard InChI is InChI=1S/C18H18ClN5OS/c1-12-14(19)5-4-6-15(12)24-17(13-7-9-20-10-8-13)21-22-18(24)26-11-16(25)23(2)3/h4-10H,11H2,1-3H3. The van der Waals surface area contributed by atoms with Gasteiger partial charge in [-0.1, -0.05) is 29.4 Å². The third-order valence-corrected chi connectivity index (χ3v) is 5.20. The lowest BCUT2D eigenvalue weighted by molar-refractivity contribution is -0.125. The van der Waals surface area contributed by atoms with Crippen molar-refractivity contribution in [3.8, 4) is 17.1 Å². The summed E-state index contributed by atoms with van der Waals surface area (Å²) in [7, 11) is 3.47. The lowest BCUT2D eigenvalue weighted by atomic mass is 10.2. The molecule has 0 aliphatic heterocycles. The number of rotatable bonds is 5. The molecule has 0 atom stereocenters. The average Bonchev–Trinajstić information content (AvgIpc) is 3.06. The Labute approximate surface area is 161 Å². The first kappa shape index (κ1) is 18.4. The largest absolute Gasteiger partial charge is 0.348 e. The van der Waals surface area contributed by atoms with Gasteiger partial charge in [0.25, 0.3) is 0 Å². The van der Waals surface area contributed by atoms with Crippen molar-refractivity contribution in [2.24, 2.45) is 0 Å². The molecular weight excluding hydrogens is 370 g/mol. The maximum Gasteiger partial charge on any atom is 0.232 e. The van der Waals surface area contributed by atoms with Crippen LogP contribution in [-0.2, 0) is 4.79 Å². The Morgan fingerprint density at radius 1 is 1.19 bits per heavy atom. The predicted molar refractivity (Wildman–Crippen MR) is 104 cm³/mol. The zero-order chi connectivity index (χ0) is 18.7. The van der Waals surface area contributed by atoms with E-state index in [1.165, 1.54) is 11.8 Å². The topological polar surface area (TPSA) is 63.9 Å². The normalized spacial score (nSPS) is 10.8. The third-order valence-electron chi connectivity index (χ3n) is 3.88. The van der Waals surface area contributed by atoms with Gasteiger partial charge in [-0.05, 0) is 36.8 Å². The quantitative estimate of drug-likeness (QED) is 0.627. The molecule has 0 saturated carbocycles. The van der Waals surface area contributed by atoms with E-state index in [4.69, 9.17) is 11.6 Å². The molecule has 26 heavy (non-hydrogen) atoms. The molecule has 3 rings (SSSR count). The molecule has 0 N–H and O–H groups in total. The summed E-state index contributed by atoms with van der Waals surface area (Å²) in [5.41, 5.74) is 2.69. The number of thioether (sulfide) groups is 1. The van der Waals surface area contributed by atoms with Gasteiger partial charge < -0.3 is 4.90 Å². The van der Waals surface area contributed by atoms with E-state index in [1.54, 1.807) is 31.4 Å². The van der Waals surface area contributed by atoms with Gasteiger partial charge >= 0.3 is 0 Å². The second-order valence-corrected chi connectivity index (χ2v) is 7.19. The molecule has 0 radical (unpaired) electrons. The average molecular weight is 388 g/mol. The van der Waals surface area contributed by atoms with Crippen LogP contribution in [0.3, 0.4) is 0 Å². The zero-order valence-corrected chi connectivity index (χ0v) is 16.3. The maximum atomic E-state index is 12.0. The Kier molecular flexibility index (Phi) is 5.58. The molecule has 0 bridgehead atoms. The molecule has 2 aromatic heterocycles. The van der Waals surface area contributed by atoms with Crippen molar-refractivity contribution >= 4 is 29.3 Å². The Hall–Kier alpha value is -2.38. The Morgan fingerprint density at radius 3 is 2.62 bits per heavy atom. The number of benzene rings is 1. The van der Waals surface area contributed by atoms with Gasteiger partial charge in [0.05, 0.1) is 11.4 Å². The molecular formula is C18H18ClN5OS. The molecule has 6 nitrogen and oxygen atoms in total. The van der Waals surface area contributed by atoms with E-state index in [2.05, 4.69) is 15.2 Å². The predicted octanol–water partition coefficient (Wildman–Crippen LogP) is 3.47. The molecule has 0 saturated heterocycles. The minimum atomic E-state index is 0.0119. The van der Waals surface area contributed by atoms with E-state index in [0.717, 1.165) is 16.8 Å². The van der Waals surface area contributed by atoms with Crippen molar-refractivity contribution in [2.75, 3.05) is 19.8 Å². The fourth-order valence-electron chi connectivity index (χ4n) is 2.36. The molecule has 0 aliphatic carbocycles. The van der Waals surface area contributed by atoms with E-state index in [1.807, 2.05) is 41.8 Å². The minimum Gasteiger partial charge on any atom is -0.348 e. The number of hydrogen-bond acceptors (Lipinski definition) is 5. The van der Waals surface area contributed by atoms with E-state index in [0.29, 0.717) is 16.0 Å². The van der Waals surface area contributed by atoms with Crippen molar-refractivity contribution in [3.05, 3.63) is 53.3 Å². The van der Waals surface area contributed by atoms with Crippen molar-refractivity contribution in [1.82, 2.24) is 24.6 Å². The third kappa shape index (κ3) is 3.73. The van der Waals surface area contributed by atoms with Gasteiger partial charge in [0.2, 0.25) is 5.91 Å². The molecule has 0 unspecified atom stereocenters. The number of halogens is 1. The lowest BCUT2D eigenvalue weighted by Crippen LogP contribution is -2.23. The fourth-order valence-corrected chi connectivity index (χ4v) is 3.46. The second-order valence-electron chi connectivity index (χ2n) is 5.84. The smallest absolute Gasteiger partial charge is 0.232 e. The van der Waals surface area contributed by atoms with Crippen LogP contribution in [0, 0.1) is 6.92 Å². The number of carbonyl (C=O) groups is 1. The van der Waals surface area contributed by atoms with Crippen LogP contribution >= 0.6 is 23.4 Å². The molecule has 3 aromatic rings. The molecule has 134 valence electrons. The van der Waals surface area contributed by atoms with Crippen LogP contribution in [0.4, 0.5) is 0 Å². The zero-order valence-electron chi connectivity index (χ0n) is 14.7. The number of amides is 1. The van der Waals surface area contributed by atoms with Crippen LogP contribution < -0.4 is 0 Å². The van der Waals surface area contributed by atoms with E-state index < -0.39 is 0 Å². The monoisotopic (exact) mass is 387 g/mol. The maximum absolute atomic E-state index is 12.0. The van der Waals surface area contributed by atoms with Gasteiger partial charge in [-0.15, -0.1) is 10.2 Å². The molecule has 1 amide bonds. The van der Waals surface area contributed by atoms with E-state index >= 15 is 0 Å². The molecule has 0 aliphatic rings. The second kappa shape index (κ2) is 7.88. The van der Waals surface area contributed by atoms with Crippen LogP contribution in [0.15, 0.2) is 47.9 Å².